The Morgan fingerprint density at radius 2 is 0.900 bits per heavy atom. The van der Waals surface area contributed by atoms with Gasteiger partial charge in [-0.25, -0.2) is 15.0 Å². The van der Waals surface area contributed by atoms with Crippen molar-refractivity contribution in [3.8, 4) is 56.4 Å². The van der Waals surface area contributed by atoms with E-state index in [0.29, 0.717) is 11.6 Å². The van der Waals surface area contributed by atoms with Crippen LogP contribution in [0.15, 0.2) is 140 Å². The molecule has 6 aromatic carbocycles. The van der Waals surface area contributed by atoms with Gasteiger partial charge in [-0.05, 0) is 124 Å². The van der Waals surface area contributed by atoms with Crippen molar-refractivity contribution in [1.29, 1.82) is 0 Å². The summed E-state index contributed by atoms with van der Waals surface area (Å²) in [6.45, 7) is 0. The molecule has 12 rings (SSSR count). The normalized spacial score (nSPS) is 24.1. The van der Waals surface area contributed by atoms with Crippen molar-refractivity contribution < 1.29 is 0 Å². The van der Waals surface area contributed by atoms with Gasteiger partial charge >= 0.3 is 0 Å². The molecule has 240 valence electrons. The van der Waals surface area contributed by atoms with Crippen molar-refractivity contribution in [2.45, 2.75) is 37.5 Å². The van der Waals surface area contributed by atoms with Crippen LogP contribution in [0, 0.1) is 23.7 Å². The van der Waals surface area contributed by atoms with Crippen molar-refractivity contribution in [3.63, 3.8) is 0 Å². The van der Waals surface area contributed by atoms with Crippen LogP contribution in [0.5, 0.6) is 0 Å². The lowest BCUT2D eigenvalue weighted by Gasteiger charge is -2.61. The monoisotopic (exact) mass is 643 g/mol. The molecule has 5 aliphatic rings. The lowest BCUT2D eigenvalue weighted by atomic mass is 9.43. The molecule has 0 saturated heterocycles. The Morgan fingerprint density at radius 1 is 0.380 bits per heavy atom. The van der Waals surface area contributed by atoms with Crippen molar-refractivity contribution in [1.82, 2.24) is 15.0 Å². The van der Waals surface area contributed by atoms with Gasteiger partial charge in [-0.3, -0.25) is 0 Å². The molecule has 7 aromatic rings. The molecular weight excluding hydrogens is 607 g/mol. The molecule has 0 amide bonds. The fourth-order valence-electron chi connectivity index (χ4n) is 10.8. The van der Waals surface area contributed by atoms with Crippen LogP contribution in [0.3, 0.4) is 0 Å². The lowest BCUT2D eigenvalue weighted by molar-refractivity contribution is -0.0398. The van der Waals surface area contributed by atoms with Crippen molar-refractivity contribution in [3.05, 3.63) is 151 Å². The van der Waals surface area contributed by atoms with E-state index in [0.717, 1.165) is 51.7 Å². The van der Waals surface area contributed by atoms with Gasteiger partial charge in [-0.15, -0.1) is 0 Å². The molecule has 3 heteroatoms. The minimum Gasteiger partial charge on any atom is -0.208 e. The third kappa shape index (κ3) is 4.19. The van der Waals surface area contributed by atoms with Gasteiger partial charge in [-0.2, -0.15) is 0 Å². The Morgan fingerprint density at radius 3 is 1.58 bits per heavy atom. The molecule has 0 N–H and O–H groups in total. The van der Waals surface area contributed by atoms with E-state index >= 15 is 0 Å². The molecule has 4 fully saturated rings. The van der Waals surface area contributed by atoms with Gasteiger partial charge in [-0.1, -0.05) is 115 Å². The van der Waals surface area contributed by atoms with Gasteiger partial charge in [0.05, 0.1) is 0 Å². The van der Waals surface area contributed by atoms with Crippen LogP contribution in [0.2, 0.25) is 0 Å². The van der Waals surface area contributed by atoms with E-state index in [2.05, 4.69) is 133 Å². The van der Waals surface area contributed by atoms with Crippen LogP contribution in [-0.2, 0) is 5.41 Å². The molecule has 5 aliphatic carbocycles. The van der Waals surface area contributed by atoms with Gasteiger partial charge in [0, 0.05) is 22.1 Å². The summed E-state index contributed by atoms with van der Waals surface area (Å²) in [5.74, 6) is 5.37. The zero-order valence-electron chi connectivity index (χ0n) is 28.0. The maximum absolute atomic E-state index is 5.22. The molecule has 50 heavy (non-hydrogen) atoms. The Balaban J connectivity index is 1.11. The molecule has 0 unspecified atom stereocenters. The Hall–Kier alpha value is -5.41. The largest absolute Gasteiger partial charge is 0.208 e. The zero-order chi connectivity index (χ0) is 32.8. The summed E-state index contributed by atoms with van der Waals surface area (Å²) >= 11 is 0. The van der Waals surface area contributed by atoms with Gasteiger partial charge in [0.2, 0.25) is 0 Å². The predicted molar refractivity (Wildman–Crippen MR) is 202 cm³/mol. The highest BCUT2D eigenvalue weighted by Crippen LogP contribution is 2.69. The molecule has 1 spiro atoms. The first-order valence-corrected chi connectivity index (χ1v) is 18.4. The SMILES string of the molecule is c1ccc(-c2cccc(-c3nc(-c4ccccc4)nc(-c4ccc5c(c4)-c4cc6ccccc6cc4C54C5CC6CC(C5)CC4C6)n3)c2)cc1. The predicted octanol–water partition coefficient (Wildman–Crippen LogP) is 11.4. The average molecular weight is 644 g/mol. The van der Waals surface area contributed by atoms with Crippen molar-refractivity contribution in [2.24, 2.45) is 23.7 Å². The first kappa shape index (κ1) is 28.4. The van der Waals surface area contributed by atoms with Crippen molar-refractivity contribution >= 4 is 10.8 Å². The maximum atomic E-state index is 5.22. The van der Waals surface area contributed by atoms with Crippen LogP contribution in [-0.4, -0.2) is 15.0 Å². The minimum atomic E-state index is 0.109. The molecule has 1 heterocycles. The Labute approximate surface area is 293 Å². The molecule has 0 aliphatic heterocycles. The van der Waals surface area contributed by atoms with Crippen LogP contribution in [0.25, 0.3) is 67.2 Å². The van der Waals surface area contributed by atoms with Crippen LogP contribution in [0.4, 0.5) is 0 Å². The second-order valence-electron chi connectivity index (χ2n) is 15.3. The number of rotatable bonds is 4. The zero-order valence-corrected chi connectivity index (χ0v) is 28.0. The third-order valence-corrected chi connectivity index (χ3v) is 12.7. The number of nitrogens with zero attached hydrogens (tertiary/aromatic N) is 3. The first-order chi connectivity index (χ1) is 24.7. The molecule has 1 aromatic heterocycles. The summed E-state index contributed by atoms with van der Waals surface area (Å²) in [6.07, 6.45) is 6.96. The van der Waals surface area contributed by atoms with Gasteiger partial charge in [0.25, 0.3) is 0 Å². The fraction of sp³-hybridized carbons (Fsp3) is 0.213. The van der Waals surface area contributed by atoms with E-state index in [1.165, 1.54) is 59.6 Å². The number of hydrogen-bond acceptors (Lipinski definition) is 3. The molecular formula is C47H37N3. The second-order valence-corrected chi connectivity index (χ2v) is 15.3. The van der Waals surface area contributed by atoms with Gasteiger partial charge in [0.1, 0.15) is 0 Å². The fourth-order valence-corrected chi connectivity index (χ4v) is 10.8. The van der Waals surface area contributed by atoms with E-state index in [4.69, 9.17) is 15.0 Å². The number of fused-ring (bicyclic) bond motifs is 4. The molecule has 0 atom stereocenters. The highest BCUT2D eigenvalue weighted by molar-refractivity contribution is 5.95. The minimum absolute atomic E-state index is 0.109. The van der Waals surface area contributed by atoms with E-state index in [9.17, 15) is 0 Å². The van der Waals surface area contributed by atoms with Crippen LogP contribution in [0.1, 0.15) is 43.2 Å². The summed E-state index contributed by atoms with van der Waals surface area (Å²) in [4.78, 5) is 15.5. The first-order valence-electron chi connectivity index (χ1n) is 18.4. The Kier molecular flexibility index (Phi) is 6.14. The van der Waals surface area contributed by atoms with E-state index in [1.807, 2.05) is 6.07 Å². The van der Waals surface area contributed by atoms with E-state index < -0.39 is 0 Å². The number of hydrogen-bond donors (Lipinski definition) is 0. The van der Waals surface area contributed by atoms with E-state index in [1.54, 1.807) is 11.1 Å². The van der Waals surface area contributed by atoms with Crippen LogP contribution < -0.4 is 0 Å². The quantitative estimate of drug-likeness (QED) is 0.192. The van der Waals surface area contributed by atoms with Gasteiger partial charge < -0.3 is 0 Å². The standard InChI is InChI=1S/C47H37N3/c1-3-10-31(11-4-1)33-16-9-17-36(25-33)45-48-44(32-12-5-2-6-13-32)49-46(50-45)37-18-19-42-40(27-37)41-26-34-14-7-8-15-35(34)28-43(41)47(42)38-21-29-20-30(23-38)24-39(47)22-29/h1-19,25-30,38-39H,20-24H2. The summed E-state index contributed by atoms with van der Waals surface area (Å²) in [7, 11) is 0. The summed E-state index contributed by atoms with van der Waals surface area (Å²) in [5, 5.41) is 2.68. The number of benzene rings is 6. The average Bonchev–Trinajstić information content (AvgIpc) is 3.45. The summed E-state index contributed by atoms with van der Waals surface area (Å²) in [6, 6.07) is 50.6. The number of aromatic nitrogens is 3. The lowest BCUT2D eigenvalue weighted by Crippen LogP contribution is -2.55. The Bertz CT molecular complexity index is 2420. The highest BCUT2D eigenvalue weighted by atomic mass is 15.0. The third-order valence-electron chi connectivity index (χ3n) is 12.7. The molecule has 4 saturated carbocycles. The molecule has 3 nitrogen and oxygen atoms in total. The van der Waals surface area contributed by atoms with Gasteiger partial charge in [0.15, 0.2) is 17.5 Å². The second kappa shape index (κ2) is 10.8. The molecule has 4 bridgehead atoms. The smallest absolute Gasteiger partial charge is 0.164 e. The van der Waals surface area contributed by atoms with Crippen molar-refractivity contribution in [2.75, 3.05) is 0 Å². The molecule has 0 radical (unpaired) electrons. The topological polar surface area (TPSA) is 38.7 Å². The highest BCUT2D eigenvalue weighted by Gasteiger charge is 2.61. The summed E-state index contributed by atoms with van der Waals surface area (Å²) < 4.78 is 0. The van der Waals surface area contributed by atoms with Crippen LogP contribution >= 0.6 is 0 Å². The maximum Gasteiger partial charge on any atom is 0.164 e. The van der Waals surface area contributed by atoms with E-state index in [-0.39, 0.29) is 5.41 Å². The summed E-state index contributed by atoms with van der Waals surface area (Å²) in [5.41, 5.74) is 11.4.